The second-order valence-electron chi connectivity index (χ2n) is 6.03. The molecule has 2 rings (SSSR count). The standard InChI is InChI=1S/C15H25N3/c1-11(2)14-7-6-12(3)9-15(14)16-10-13-5-4-8-17-18-13/h4-5,8,11-12,14-16H,6-7,9-10H2,1-3H3. The van der Waals surface area contributed by atoms with Crippen molar-refractivity contribution >= 4 is 0 Å². The summed E-state index contributed by atoms with van der Waals surface area (Å²) in [6.07, 6.45) is 5.76. The van der Waals surface area contributed by atoms with Gasteiger partial charge in [-0.2, -0.15) is 10.2 Å². The maximum absolute atomic E-state index is 4.14. The Morgan fingerprint density at radius 2 is 2.22 bits per heavy atom. The van der Waals surface area contributed by atoms with Crippen molar-refractivity contribution in [2.75, 3.05) is 0 Å². The SMILES string of the molecule is CC1CCC(C(C)C)C(NCc2cccnn2)C1. The molecule has 0 bridgehead atoms. The predicted molar refractivity (Wildman–Crippen MR) is 74.0 cm³/mol. The molecule has 0 spiro atoms. The quantitative estimate of drug-likeness (QED) is 0.888. The van der Waals surface area contributed by atoms with E-state index in [2.05, 4.69) is 36.3 Å². The molecule has 0 aliphatic heterocycles. The lowest BCUT2D eigenvalue weighted by molar-refractivity contribution is 0.168. The largest absolute Gasteiger partial charge is 0.308 e. The number of nitrogens with zero attached hydrogens (tertiary/aromatic N) is 2. The first-order valence-corrected chi connectivity index (χ1v) is 7.16. The third-order valence-corrected chi connectivity index (χ3v) is 4.20. The Morgan fingerprint density at radius 1 is 1.39 bits per heavy atom. The van der Waals surface area contributed by atoms with Gasteiger partial charge in [-0.1, -0.05) is 27.2 Å². The normalized spacial score (nSPS) is 28.6. The van der Waals surface area contributed by atoms with Gasteiger partial charge in [-0.3, -0.25) is 0 Å². The molecule has 1 fully saturated rings. The van der Waals surface area contributed by atoms with Crippen molar-refractivity contribution < 1.29 is 0 Å². The monoisotopic (exact) mass is 247 g/mol. The van der Waals surface area contributed by atoms with Crippen LogP contribution in [0.4, 0.5) is 0 Å². The van der Waals surface area contributed by atoms with Crippen LogP contribution in [0.1, 0.15) is 45.7 Å². The zero-order valence-electron chi connectivity index (χ0n) is 11.8. The molecule has 1 aliphatic rings. The van der Waals surface area contributed by atoms with Gasteiger partial charge in [0, 0.05) is 18.8 Å². The number of nitrogens with one attached hydrogen (secondary N) is 1. The lowest BCUT2D eigenvalue weighted by Crippen LogP contribution is -2.42. The minimum atomic E-state index is 0.635. The topological polar surface area (TPSA) is 37.8 Å². The first-order chi connectivity index (χ1) is 8.66. The highest BCUT2D eigenvalue weighted by molar-refractivity contribution is 4.99. The summed E-state index contributed by atoms with van der Waals surface area (Å²) in [6.45, 7) is 7.90. The minimum absolute atomic E-state index is 0.635. The van der Waals surface area contributed by atoms with Gasteiger partial charge in [-0.15, -0.1) is 0 Å². The molecule has 1 saturated carbocycles. The van der Waals surface area contributed by atoms with E-state index in [1.165, 1.54) is 19.3 Å². The molecular weight excluding hydrogens is 222 g/mol. The Kier molecular flexibility index (Phi) is 4.70. The van der Waals surface area contributed by atoms with E-state index in [0.29, 0.717) is 6.04 Å². The van der Waals surface area contributed by atoms with E-state index >= 15 is 0 Å². The lowest BCUT2D eigenvalue weighted by Gasteiger charge is -2.38. The zero-order valence-corrected chi connectivity index (χ0v) is 11.8. The van der Waals surface area contributed by atoms with Gasteiger partial charge in [-0.05, 0) is 42.7 Å². The molecule has 0 radical (unpaired) electrons. The van der Waals surface area contributed by atoms with Gasteiger partial charge in [0.15, 0.2) is 0 Å². The fourth-order valence-corrected chi connectivity index (χ4v) is 3.10. The first kappa shape index (κ1) is 13.5. The summed E-state index contributed by atoms with van der Waals surface area (Å²) < 4.78 is 0. The molecule has 3 unspecified atom stereocenters. The molecule has 0 saturated heterocycles. The number of rotatable bonds is 4. The summed E-state index contributed by atoms with van der Waals surface area (Å²) in [5, 5.41) is 11.8. The number of hydrogen-bond donors (Lipinski definition) is 1. The molecule has 3 nitrogen and oxygen atoms in total. The summed E-state index contributed by atoms with van der Waals surface area (Å²) in [7, 11) is 0. The van der Waals surface area contributed by atoms with Crippen molar-refractivity contribution in [1.82, 2.24) is 15.5 Å². The highest BCUT2D eigenvalue weighted by atomic mass is 15.1. The van der Waals surface area contributed by atoms with Crippen LogP contribution in [0.3, 0.4) is 0 Å². The van der Waals surface area contributed by atoms with Crippen LogP contribution < -0.4 is 5.32 Å². The van der Waals surface area contributed by atoms with E-state index in [1.54, 1.807) is 6.20 Å². The van der Waals surface area contributed by atoms with Gasteiger partial charge in [0.1, 0.15) is 0 Å². The van der Waals surface area contributed by atoms with Gasteiger partial charge in [-0.25, -0.2) is 0 Å². The third kappa shape index (κ3) is 3.52. The Balaban J connectivity index is 1.92. The van der Waals surface area contributed by atoms with Crippen LogP contribution in [0, 0.1) is 17.8 Å². The first-order valence-electron chi connectivity index (χ1n) is 7.16. The number of aromatic nitrogens is 2. The Bertz CT molecular complexity index is 350. The molecule has 1 aromatic rings. The fourth-order valence-electron chi connectivity index (χ4n) is 3.10. The van der Waals surface area contributed by atoms with Crippen LogP contribution in [0.15, 0.2) is 18.3 Å². The van der Waals surface area contributed by atoms with Crippen molar-refractivity contribution in [3.8, 4) is 0 Å². The van der Waals surface area contributed by atoms with E-state index in [9.17, 15) is 0 Å². The van der Waals surface area contributed by atoms with Crippen molar-refractivity contribution in [1.29, 1.82) is 0 Å². The molecule has 1 aliphatic carbocycles. The summed E-state index contributed by atoms with van der Waals surface area (Å²) >= 11 is 0. The van der Waals surface area contributed by atoms with Crippen LogP contribution >= 0.6 is 0 Å². The molecule has 0 aromatic carbocycles. The van der Waals surface area contributed by atoms with E-state index < -0.39 is 0 Å². The molecule has 1 aromatic heterocycles. The Hall–Kier alpha value is -0.960. The van der Waals surface area contributed by atoms with Gasteiger partial charge >= 0.3 is 0 Å². The van der Waals surface area contributed by atoms with Crippen LogP contribution in [-0.2, 0) is 6.54 Å². The predicted octanol–water partition coefficient (Wildman–Crippen LogP) is 3.03. The molecule has 3 heteroatoms. The molecular formula is C15H25N3. The molecule has 100 valence electrons. The average molecular weight is 247 g/mol. The van der Waals surface area contributed by atoms with Gasteiger partial charge < -0.3 is 5.32 Å². The lowest BCUT2D eigenvalue weighted by atomic mass is 9.74. The molecule has 1 N–H and O–H groups in total. The fraction of sp³-hybridized carbons (Fsp3) is 0.733. The van der Waals surface area contributed by atoms with Crippen LogP contribution in [0.25, 0.3) is 0 Å². The van der Waals surface area contributed by atoms with Crippen molar-refractivity contribution in [3.05, 3.63) is 24.0 Å². The maximum Gasteiger partial charge on any atom is 0.0769 e. The summed E-state index contributed by atoms with van der Waals surface area (Å²) in [5.41, 5.74) is 1.04. The Morgan fingerprint density at radius 3 is 2.89 bits per heavy atom. The highest BCUT2D eigenvalue weighted by Gasteiger charge is 2.30. The smallest absolute Gasteiger partial charge is 0.0769 e. The van der Waals surface area contributed by atoms with E-state index in [0.717, 1.165) is 30.0 Å². The van der Waals surface area contributed by atoms with Crippen molar-refractivity contribution in [3.63, 3.8) is 0 Å². The maximum atomic E-state index is 4.14. The van der Waals surface area contributed by atoms with E-state index in [1.807, 2.05) is 12.1 Å². The van der Waals surface area contributed by atoms with Crippen LogP contribution in [0.2, 0.25) is 0 Å². The van der Waals surface area contributed by atoms with Gasteiger partial charge in [0.2, 0.25) is 0 Å². The summed E-state index contributed by atoms with van der Waals surface area (Å²) in [5.74, 6) is 2.41. The Labute approximate surface area is 110 Å². The molecule has 0 amide bonds. The van der Waals surface area contributed by atoms with Crippen LogP contribution in [-0.4, -0.2) is 16.2 Å². The number of hydrogen-bond acceptors (Lipinski definition) is 3. The summed E-state index contributed by atoms with van der Waals surface area (Å²) in [6, 6.07) is 4.63. The van der Waals surface area contributed by atoms with Gasteiger partial charge in [0.25, 0.3) is 0 Å². The molecule has 3 atom stereocenters. The van der Waals surface area contributed by atoms with Crippen molar-refractivity contribution in [2.24, 2.45) is 17.8 Å². The van der Waals surface area contributed by atoms with E-state index in [4.69, 9.17) is 0 Å². The zero-order chi connectivity index (χ0) is 13.0. The van der Waals surface area contributed by atoms with E-state index in [-0.39, 0.29) is 0 Å². The average Bonchev–Trinajstić information content (AvgIpc) is 2.37. The van der Waals surface area contributed by atoms with Crippen LogP contribution in [0.5, 0.6) is 0 Å². The highest BCUT2D eigenvalue weighted by Crippen LogP contribution is 2.33. The van der Waals surface area contributed by atoms with Crippen molar-refractivity contribution in [2.45, 2.75) is 52.6 Å². The third-order valence-electron chi connectivity index (χ3n) is 4.20. The molecule has 18 heavy (non-hydrogen) atoms. The second kappa shape index (κ2) is 6.28. The molecule has 1 heterocycles. The summed E-state index contributed by atoms with van der Waals surface area (Å²) in [4.78, 5) is 0. The minimum Gasteiger partial charge on any atom is -0.308 e. The van der Waals surface area contributed by atoms with Gasteiger partial charge in [0.05, 0.1) is 5.69 Å². The second-order valence-corrected chi connectivity index (χ2v) is 6.03.